The van der Waals surface area contributed by atoms with Crippen LogP contribution in [0, 0.1) is 11.8 Å². The number of rotatable bonds is 4. The Labute approximate surface area is 113 Å². The average Bonchev–Trinajstić information content (AvgIpc) is 2.39. The Kier molecular flexibility index (Phi) is 4.43. The maximum atomic E-state index is 10.9. The second kappa shape index (κ2) is 6.05. The quantitative estimate of drug-likeness (QED) is 0.604. The summed E-state index contributed by atoms with van der Waals surface area (Å²) in [5.74, 6) is 1.77. The van der Waals surface area contributed by atoms with Crippen LogP contribution in [-0.2, 0) is 0 Å². The number of allylic oxidation sites excluding steroid dienone is 2. The van der Waals surface area contributed by atoms with Crippen LogP contribution in [0.5, 0.6) is 5.75 Å². The first-order valence-electron chi connectivity index (χ1n) is 6.23. The molecule has 1 aromatic rings. The Morgan fingerprint density at radius 3 is 2.89 bits per heavy atom. The molecule has 0 N–H and O–H groups in total. The van der Waals surface area contributed by atoms with Crippen LogP contribution in [0.2, 0.25) is 5.02 Å². The van der Waals surface area contributed by atoms with Crippen molar-refractivity contribution in [3.8, 4) is 5.75 Å². The van der Waals surface area contributed by atoms with Gasteiger partial charge in [0.2, 0.25) is 0 Å². The zero-order valence-electron chi connectivity index (χ0n) is 10.4. The van der Waals surface area contributed by atoms with Gasteiger partial charge in [-0.1, -0.05) is 30.7 Å². The summed E-state index contributed by atoms with van der Waals surface area (Å²) in [5.41, 5.74) is 0.515. The van der Waals surface area contributed by atoms with Crippen LogP contribution >= 0.6 is 11.6 Å². The van der Waals surface area contributed by atoms with Crippen molar-refractivity contribution < 1.29 is 9.53 Å². The lowest BCUT2D eigenvalue weighted by atomic mass is 9.85. The van der Waals surface area contributed by atoms with Gasteiger partial charge >= 0.3 is 0 Å². The normalized spacial score (nSPS) is 22.8. The van der Waals surface area contributed by atoms with E-state index in [0.29, 0.717) is 34.8 Å². The number of hydrogen-bond acceptors (Lipinski definition) is 2. The fourth-order valence-electron chi connectivity index (χ4n) is 2.18. The van der Waals surface area contributed by atoms with E-state index in [2.05, 4.69) is 19.1 Å². The van der Waals surface area contributed by atoms with E-state index in [-0.39, 0.29) is 0 Å². The molecule has 0 spiro atoms. The molecule has 0 saturated carbocycles. The maximum Gasteiger partial charge on any atom is 0.153 e. The van der Waals surface area contributed by atoms with Crippen LogP contribution in [0.25, 0.3) is 0 Å². The Hall–Kier alpha value is -1.28. The lowest BCUT2D eigenvalue weighted by Crippen LogP contribution is -2.21. The minimum absolute atomic E-state index is 0.515. The first-order valence-corrected chi connectivity index (χ1v) is 6.61. The third-order valence-electron chi connectivity index (χ3n) is 3.47. The lowest BCUT2D eigenvalue weighted by molar-refractivity contribution is 0.111. The first kappa shape index (κ1) is 13.2. The molecule has 0 aliphatic heterocycles. The van der Waals surface area contributed by atoms with Gasteiger partial charge in [0.15, 0.2) is 6.29 Å². The van der Waals surface area contributed by atoms with Crippen LogP contribution in [0.3, 0.4) is 0 Å². The zero-order chi connectivity index (χ0) is 13.0. The van der Waals surface area contributed by atoms with E-state index in [1.807, 2.05) is 0 Å². The molecule has 1 aliphatic rings. The molecule has 18 heavy (non-hydrogen) atoms. The van der Waals surface area contributed by atoms with Crippen molar-refractivity contribution >= 4 is 17.9 Å². The highest BCUT2D eigenvalue weighted by Crippen LogP contribution is 2.27. The van der Waals surface area contributed by atoms with Gasteiger partial charge in [0.1, 0.15) is 5.75 Å². The van der Waals surface area contributed by atoms with Crippen molar-refractivity contribution in [3.63, 3.8) is 0 Å². The van der Waals surface area contributed by atoms with Gasteiger partial charge in [0, 0.05) is 5.02 Å². The zero-order valence-corrected chi connectivity index (χ0v) is 11.2. The van der Waals surface area contributed by atoms with Crippen LogP contribution in [0.4, 0.5) is 0 Å². The van der Waals surface area contributed by atoms with E-state index < -0.39 is 0 Å². The number of halogens is 1. The summed E-state index contributed by atoms with van der Waals surface area (Å²) < 4.78 is 5.77. The van der Waals surface area contributed by atoms with Crippen molar-refractivity contribution in [2.75, 3.05) is 6.61 Å². The number of carbonyl (C=O) groups excluding carboxylic acids is 1. The molecule has 0 heterocycles. The molecule has 0 amide bonds. The van der Waals surface area contributed by atoms with E-state index in [0.717, 1.165) is 19.1 Å². The fraction of sp³-hybridized carbons (Fsp3) is 0.400. The van der Waals surface area contributed by atoms with Crippen molar-refractivity contribution in [2.24, 2.45) is 11.8 Å². The number of carbonyl (C=O) groups is 1. The summed E-state index contributed by atoms with van der Waals surface area (Å²) in [4.78, 5) is 10.9. The third-order valence-corrected chi connectivity index (χ3v) is 3.70. The predicted molar refractivity (Wildman–Crippen MR) is 73.4 cm³/mol. The van der Waals surface area contributed by atoms with Crippen LogP contribution in [0.15, 0.2) is 30.4 Å². The van der Waals surface area contributed by atoms with Crippen molar-refractivity contribution in [1.29, 1.82) is 0 Å². The Bertz CT molecular complexity index is 454. The molecule has 0 radical (unpaired) electrons. The summed E-state index contributed by atoms with van der Waals surface area (Å²) in [5, 5.41) is 0.554. The van der Waals surface area contributed by atoms with Crippen LogP contribution < -0.4 is 4.74 Å². The molecule has 0 aromatic heterocycles. The Morgan fingerprint density at radius 1 is 1.39 bits per heavy atom. The molecule has 2 rings (SSSR count). The summed E-state index contributed by atoms with van der Waals surface area (Å²) in [6.07, 6.45) is 7.36. The van der Waals surface area contributed by atoms with Crippen molar-refractivity contribution in [3.05, 3.63) is 40.9 Å². The van der Waals surface area contributed by atoms with E-state index >= 15 is 0 Å². The highest BCUT2D eigenvalue weighted by atomic mass is 35.5. The number of aldehydes is 1. The standard InChI is InChI=1S/C15H17ClO2/c1-11-4-2-3-5-12(11)10-18-15-7-6-14(16)8-13(15)9-17/h2-3,6-9,11-12H,4-5,10H2,1H3. The molecule has 1 aromatic carbocycles. The molecular formula is C15H17ClO2. The van der Waals surface area contributed by atoms with Gasteiger partial charge in [-0.15, -0.1) is 0 Å². The van der Waals surface area contributed by atoms with Gasteiger partial charge in [-0.3, -0.25) is 4.79 Å². The summed E-state index contributed by atoms with van der Waals surface area (Å²) in [7, 11) is 0. The largest absolute Gasteiger partial charge is 0.493 e. The Morgan fingerprint density at radius 2 is 2.17 bits per heavy atom. The first-order chi connectivity index (χ1) is 8.70. The predicted octanol–water partition coefficient (Wildman–Crippen LogP) is 4.13. The summed E-state index contributed by atoms with van der Waals surface area (Å²) >= 11 is 5.84. The smallest absolute Gasteiger partial charge is 0.153 e. The van der Waals surface area contributed by atoms with Gasteiger partial charge in [-0.25, -0.2) is 0 Å². The molecule has 2 atom stereocenters. The molecule has 3 heteroatoms. The second-order valence-corrected chi connectivity index (χ2v) is 5.23. The monoisotopic (exact) mass is 264 g/mol. The summed E-state index contributed by atoms with van der Waals surface area (Å²) in [6.45, 7) is 2.88. The SMILES string of the molecule is CC1CC=CCC1COc1ccc(Cl)cc1C=O. The minimum atomic E-state index is 0.515. The van der Waals surface area contributed by atoms with E-state index in [1.54, 1.807) is 18.2 Å². The average molecular weight is 265 g/mol. The van der Waals surface area contributed by atoms with Gasteiger partial charge in [-0.05, 0) is 42.9 Å². The number of hydrogen-bond donors (Lipinski definition) is 0. The van der Waals surface area contributed by atoms with E-state index in [1.165, 1.54) is 0 Å². The summed E-state index contributed by atoms with van der Waals surface area (Å²) in [6, 6.07) is 5.14. The highest BCUT2D eigenvalue weighted by molar-refractivity contribution is 6.30. The molecule has 96 valence electrons. The third kappa shape index (κ3) is 3.14. The number of ether oxygens (including phenoxy) is 1. The second-order valence-electron chi connectivity index (χ2n) is 4.79. The van der Waals surface area contributed by atoms with Crippen LogP contribution in [-0.4, -0.2) is 12.9 Å². The maximum absolute atomic E-state index is 10.9. The van der Waals surface area contributed by atoms with Gasteiger partial charge in [0.25, 0.3) is 0 Å². The number of benzene rings is 1. The topological polar surface area (TPSA) is 26.3 Å². The van der Waals surface area contributed by atoms with Crippen LogP contribution in [0.1, 0.15) is 30.1 Å². The molecule has 0 fully saturated rings. The fourth-order valence-corrected chi connectivity index (χ4v) is 2.36. The lowest BCUT2D eigenvalue weighted by Gasteiger charge is -2.25. The van der Waals surface area contributed by atoms with Gasteiger partial charge in [0.05, 0.1) is 12.2 Å². The van der Waals surface area contributed by atoms with Crippen molar-refractivity contribution in [1.82, 2.24) is 0 Å². The highest BCUT2D eigenvalue weighted by Gasteiger charge is 2.19. The molecule has 0 bridgehead atoms. The van der Waals surface area contributed by atoms with Gasteiger partial charge < -0.3 is 4.74 Å². The molecule has 0 saturated heterocycles. The van der Waals surface area contributed by atoms with E-state index in [9.17, 15) is 4.79 Å². The molecule has 2 nitrogen and oxygen atoms in total. The molecule has 1 aliphatic carbocycles. The van der Waals surface area contributed by atoms with E-state index in [4.69, 9.17) is 16.3 Å². The minimum Gasteiger partial charge on any atom is -0.493 e. The van der Waals surface area contributed by atoms with Crippen molar-refractivity contribution in [2.45, 2.75) is 19.8 Å². The molecule has 2 unspecified atom stereocenters. The molecular weight excluding hydrogens is 248 g/mol. The Balaban J connectivity index is 2.01. The van der Waals surface area contributed by atoms with Gasteiger partial charge in [-0.2, -0.15) is 0 Å².